The lowest BCUT2D eigenvalue weighted by molar-refractivity contribution is 0.0720. The van der Waals surface area contributed by atoms with Crippen LogP contribution in [0.15, 0.2) is 30.3 Å². The fourth-order valence-electron chi connectivity index (χ4n) is 2.45. The largest absolute Gasteiger partial charge is 0.395 e. The van der Waals surface area contributed by atoms with Crippen LogP contribution in [0.5, 0.6) is 0 Å². The quantitative estimate of drug-likeness (QED) is 0.879. The molecule has 3 rings (SSSR count). The van der Waals surface area contributed by atoms with Gasteiger partial charge in [-0.2, -0.15) is 0 Å². The average molecular weight is 300 g/mol. The molecule has 1 heterocycles. The third kappa shape index (κ3) is 2.87. The topological polar surface area (TPSA) is 71.2 Å². The molecule has 0 atom stereocenters. The maximum absolute atomic E-state index is 12.5. The van der Waals surface area contributed by atoms with Crippen molar-refractivity contribution in [2.24, 2.45) is 0 Å². The Hall–Kier alpha value is -2.21. The van der Waals surface area contributed by atoms with Crippen molar-refractivity contribution in [2.75, 3.05) is 19.7 Å². The van der Waals surface area contributed by atoms with Crippen LogP contribution < -0.4 is 0 Å². The van der Waals surface area contributed by atoms with Crippen LogP contribution in [-0.2, 0) is 0 Å². The number of likely N-dealkylation sites (N-methyl/N-ethyl adjacent to an activating group) is 1. The van der Waals surface area contributed by atoms with E-state index in [1.807, 2.05) is 37.3 Å². The van der Waals surface area contributed by atoms with Gasteiger partial charge in [0.15, 0.2) is 0 Å². The van der Waals surface area contributed by atoms with Crippen LogP contribution in [0.25, 0.3) is 5.69 Å². The molecule has 0 spiro atoms. The summed E-state index contributed by atoms with van der Waals surface area (Å²) in [6.45, 7) is 2.64. The summed E-state index contributed by atoms with van der Waals surface area (Å²) in [5.74, 6) is 1.23. The van der Waals surface area contributed by atoms with Gasteiger partial charge in [0.05, 0.1) is 12.3 Å². The van der Waals surface area contributed by atoms with Crippen molar-refractivity contribution >= 4 is 5.91 Å². The minimum atomic E-state index is -0.229. The summed E-state index contributed by atoms with van der Waals surface area (Å²) in [5, 5.41) is 13.5. The van der Waals surface area contributed by atoms with Crippen LogP contribution in [0.3, 0.4) is 0 Å². The van der Waals surface area contributed by atoms with E-state index in [9.17, 15) is 4.79 Å². The van der Waals surface area contributed by atoms with E-state index in [0.717, 1.165) is 24.4 Å². The van der Waals surface area contributed by atoms with Gasteiger partial charge in [-0.05, 0) is 31.9 Å². The van der Waals surface area contributed by atoms with Crippen molar-refractivity contribution in [3.05, 3.63) is 42.0 Å². The highest BCUT2D eigenvalue weighted by Gasteiger charge is 2.32. The van der Waals surface area contributed by atoms with Crippen molar-refractivity contribution in [1.29, 1.82) is 0 Å². The van der Waals surface area contributed by atoms with Gasteiger partial charge >= 0.3 is 0 Å². The number of benzene rings is 1. The SMILES string of the molecule is CCN(CCO)C(=O)c1nc(C2CC2)n(-c2ccccc2)n1. The predicted molar refractivity (Wildman–Crippen MR) is 82.0 cm³/mol. The van der Waals surface area contributed by atoms with Crippen molar-refractivity contribution < 1.29 is 9.90 Å². The van der Waals surface area contributed by atoms with Gasteiger partial charge < -0.3 is 10.0 Å². The molecule has 0 radical (unpaired) electrons. The van der Waals surface area contributed by atoms with E-state index in [4.69, 9.17) is 5.11 Å². The van der Waals surface area contributed by atoms with E-state index in [1.54, 1.807) is 9.58 Å². The van der Waals surface area contributed by atoms with Crippen LogP contribution in [0.2, 0.25) is 0 Å². The Balaban J connectivity index is 1.95. The van der Waals surface area contributed by atoms with Gasteiger partial charge in [0, 0.05) is 19.0 Å². The second-order valence-electron chi connectivity index (χ2n) is 5.42. The Morgan fingerprint density at radius 2 is 2.09 bits per heavy atom. The summed E-state index contributed by atoms with van der Waals surface area (Å²) in [7, 11) is 0. The van der Waals surface area contributed by atoms with E-state index in [1.165, 1.54) is 0 Å². The highest BCUT2D eigenvalue weighted by atomic mass is 16.3. The first-order valence-corrected chi connectivity index (χ1v) is 7.67. The molecule has 6 heteroatoms. The smallest absolute Gasteiger partial charge is 0.293 e. The first-order valence-electron chi connectivity index (χ1n) is 7.67. The van der Waals surface area contributed by atoms with E-state index in [2.05, 4.69) is 10.1 Å². The monoisotopic (exact) mass is 300 g/mol. The molecule has 1 fully saturated rings. The highest BCUT2D eigenvalue weighted by Crippen LogP contribution is 2.39. The van der Waals surface area contributed by atoms with Gasteiger partial charge in [-0.1, -0.05) is 18.2 Å². The van der Waals surface area contributed by atoms with E-state index >= 15 is 0 Å². The maximum atomic E-state index is 12.5. The molecule has 1 amide bonds. The lowest BCUT2D eigenvalue weighted by atomic mass is 10.3. The molecule has 22 heavy (non-hydrogen) atoms. The molecule has 0 aliphatic heterocycles. The van der Waals surface area contributed by atoms with Crippen LogP contribution in [0.1, 0.15) is 42.1 Å². The zero-order chi connectivity index (χ0) is 15.5. The van der Waals surface area contributed by atoms with Gasteiger partial charge in [-0.25, -0.2) is 9.67 Å². The maximum Gasteiger partial charge on any atom is 0.293 e. The number of aromatic nitrogens is 3. The number of aliphatic hydroxyl groups is 1. The molecule has 0 unspecified atom stereocenters. The molecule has 1 aromatic heterocycles. The van der Waals surface area contributed by atoms with Crippen LogP contribution >= 0.6 is 0 Å². The summed E-state index contributed by atoms with van der Waals surface area (Å²) >= 11 is 0. The Morgan fingerprint density at radius 1 is 1.36 bits per heavy atom. The highest BCUT2D eigenvalue weighted by molar-refractivity contribution is 5.90. The summed E-state index contributed by atoms with van der Waals surface area (Å²) in [4.78, 5) is 18.5. The molecular weight excluding hydrogens is 280 g/mol. The molecule has 1 saturated carbocycles. The summed E-state index contributed by atoms with van der Waals surface area (Å²) in [6.07, 6.45) is 2.18. The van der Waals surface area contributed by atoms with Crippen LogP contribution in [0.4, 0.5) is 0 Å². The van der Waals surface area contributed by atoms with E-state index in [-0.39, 0.29) is 18.3 Å². The Kier molecular flexibility index (Phi) is 4.20. The summed E-state index contributed by atoms with van der Waals surface area (Å²) < 4.78 is 1.78. The third-order valence-corrected chi connectivity index (χ3v) is 3.81. The molecule has 1 N–H and O–H groups in total. The predicted octanol–water partition coefficient (Wildman–Crippen LogP) is 1.60. The lowest BCUT2D eigenvalue weighted by Crippen LogP contribution is -2.34. The Morgan fingerprint density at radius 3 is 2.68 bits per heavy atom. The number of hydrogen-bond donors (Lipinski definition) is 1. The Bertz CT molecular complexity index is 649. The molecule has 2 aromatic rings. The molecule has 0 saturated heterocycles. The lowest BCUT2D eigenvalue weighted by Gasteiger charge is -2.17. The Labute approximate surface area is 129 Å². The fraction of sp³-hybridized carbons (Fsp3) is 0.438. The first-order chi connectivity index (χ1) is 10.7. The number of rotatable bonds is 6. The summed E-state index contributed by atoms with van der Waals surface area (Å²) in [5.41, 5.74) is 0.918. The number of amides is 1. The minimum Gasteiger partial charge on any atom is -0.395 e. The second-order valence-corrected chi connectivity index (χ2v) is 5.42. The number of para-hydroxylation sites is 1. The van der Waals surface area contributed by atoms with Gasteiger partial charge in [-0.3, -0.25) is 4.79 Å². The second kappa shape index (κ2) is 6.27. The third-order valence-electron chi connectivity index (χ3n) is 3.81. The van der Waals surface area contributed by atoms with Crippen molar-refractivity contribution in [1.82, 2.24) is 19.7 Å². The van der Waals surface area contributed by atoms with Crippen LogP contribution in [-0.4, -0.2) is 50.4 Å². The van der Waals surface area contributed by atoms with Crippen molar-refractivity contribution in [2.45, 2.75) is 25.7 Å². The number of carbonyl (C=O) groups excluding carboxylic acids is 1. The normalized spacial score (nSPS) is 14.1. The van der Waals surface area contributed by atoms with Gasteiger partial charge in [-0.15, -0.1) is 5.10 Å². The van der Waals surface area contributed by atoms with Crippen molar-refractivity contribution in [3.63, 3.8) is 0 Å². The van der Waals surface area contributed by atoms with Gasteiger partial charge in [0.25, 0.3) is 5.91 Å². The molecule has 1 aliphatic rings. The molecule has 1 aliphatic carbocycles. The number of nitrogens with zero attached hydrogens (tertiary/aromatic N) is 4. The van der Waals surface area contributed by atoms with E-state index < -0.39 is 0 Å². The van der Waals surface area contributed by atoms with Crippen molar-refractivity contribution in [3.8, 4) is 5.69 Å². The van der Waals surface area contributed by atoms with Gasteiger partial charge in [0.1, 0.15) is 5.82 Å². The number of carbonyl (C=O) groups is 1. The molecular formula is C16H20N4O2. The molecule has 1 aromatic carbocycles. The minimum absolute atomic E-state index is 0.0611. The first kappa shape index (κ1) is 14.7. The number of aliphatic hydroxyl groups excluding tert-OH is 1. The fourth-order valence-corrected chi connectivity index (χ4v) is 2.45. The molecule has 116 valence electrons. The molecule has 6 nitrogen and oxygen atoms in total. The zero-order valence-electron chi connectivity index (χ0n) is 12.6. The van der Waals surface area contributed by atoms with E-state index in [0.29, 0.717) is 19.0 Å². The number of hydrogen-bond acceptors (Lipinski definition) is 4. The average Bonchev–Trinajstić information content (AvgIpc) is 3.31. The van der Waals surface area contributed by atoms with Gasteiger partial charge in [0.2, 0.25) is 5.82 Å². The van der Waals surface area contributed by atoms with Crippen LogP contribution in [0, 0.1) is 0 Å². The summed E-state index contributed by atoms with van der Waals surface area (Å²) in [6, 6.07) is 9.75. The zero-order valence-corrected chi connectivity index (χ0v) is 12.6. The standard InChI is InChI=1S/C16H20N4O2/c1-2-19(10-11-21)16(22)14-17-15(12-8-9-12)20(18-14)13-6-4-3-5-7-13/h3-7,12,21H,2,8-11H2,1H3. The molecule has 0 bridgehead atoms.